The van der Waals surface area contributed by atoms with E-state index in [0.717, 1.165) is 11.3 Å². The fraction of sp³-hybridized carbons (Fsp3) is 0.250. The van der Waals surface area contributed by atoms with Crippen molar-refractivity contribution in [1.82, 2.24) is 14.8 Å². The van der Waals surface area contributed by atoms with Crippen molar-refractivity contribution in [3.05, 3.63) is 41.5 Å². The molecule has 1 aromatic heterocycles. The molecule has 2 aromatic rings. The molecule has 0 atom stereocenters. The van der Waals surface area contributed by atoms with E-state index < -0.39 is 5.97 Å². The predicted octanol–water partition coefficient (Wildman–Crippen LogP) is 1.42. The average Bonchev–Trinajstić information content (AvgIpc) is 2.72. The number of carboxylic acids is 1. The van der Waals surface area contributed by atoms with Crippen LogP contribution in [0.2, 0.25) is 0 Å². The molecule has 0 aliphatic rings. The molecule has 0 saturated heterocycles. The quantitative estimate of drug-likeness (QED) is 0.884. The first-order valence-corrected chi connectivity index (χ1v) is 5.37. The summed E-state index contributed by atoms with van der Waals surface area (Å²) in [4.78, 5) is 14.7. The summed E-state index contributed by atoms with van der Waals surface area (Å²) in [5.74, 6) is -0.809. The number of aryl methyl sites for hydroxylation is 1. The Balaban J connectivity index is 2.41. The van der Waals surface area contributed by atoms with Crippen molar-refractivity contribution in [1.29, 1.82) is 0 Å². The molecule has 0 aliphatic heterocycles. The van der Waals surface area contributed by atoms with Crippen LogP contribution in [0.25, 0.3) is 5.69 Å². The number of hydrogen-bond acceptors (Lipinski definition) is 4. The minimum Gasteiger partial charge on any atom is -0.475 e. The van der Waals surface area contributed by atoms with Gasteiger partial charge in [-0.15, -0.1) is 5.10 Å². The molecule has 0 aliphatic carbocycles. The zero-order valence-electron chi connectivity index (χ0n) is 10.1. The van der Waals surface area contributed by atoms with Gasteiger partial charge in [0.15, 0.2) is 0 Å². The van der Waals surface area contributed by atoms with Crippen LogP contribution < -0.4 is 0 Å². The third-order valence-electron chi connectivity index (χ3n) is 2.43. The maximum absolute atomic E-state index is 10.8. The Morgan fingerprint density at radius 1 is 1.50 bits per heavy atom. The van der Waals surface area contributed by atoms with Crippen molar-refractivity contribution < 1.29 is 14.6 Å². The highest BCUT2D eigenvalue weighted by molar-refractivity contribution is 5.83. The molecule has 94 valence electrons. The second-order valence-corrected chi connectivity index (χ2v) is 3.80. The van der Waals surface area contributed by atoms with Crippen molar-refractivity contribution in [2.75, 3.05) is 7.11 Å². The van der Waals surface area contributed by atoms with Crippen LogP contribution in [0.3, 0.4) is 0 Å². The largest absolute Gasteiger partial charge is 0.475 e. The third kappa shape index (κ3) is 2.38. The number of hydrogen-bond donors (Lipinski definition) is 1. The average molecular weight is 247 g/mol. The number of aromatic carboxylic acids is 1. The van der Waals surface area contributed by atoms with Crippen molar-refractivity contribution >= 4 is 5.97 Å². The Morgan fingerprint density at radius 3 is 2.89 bits per heavy atom. The molecule has 0 unspecified atom stereocenters. The molecule has 1 heterocycles. The summed E-state index contributed by atoms with van der Waals surface area (Å²) in [7, 11) is 1.62. The fourth-order valence-electron chi connectivity index (χ4n) is 1.67. The summed E-state index contributed by atoms with van der Waals surface area (Å²) in [6.45, 7) is 2.20. The van der Waals surface area contributed by atoms with Crippen LogP contribution in [0.15, 0.2) is 24.3 Å². The van der Waals surface area contributed by atoms with E-state index in [2.05, 4.69) is 10.1 Å². The lowest BCUT2D eigenvalue weighted by molar-refractivity contribution is 0.0683. The van der Waals surface area contributed by atoms with Gasteiger partial charge in [0.05, 0.1) is 12.3 Å². The van der Waals surface area contributed by atoms with Crippen LogP contribution in [0.4, 0.5) is 0 Å². The summed E-state index contributed by atoms with van der Waals surface area (Å²) in [6, 6.07) is 7.52. The lowest BCUT2D eigenvalue weighted by Gasteiger charge is -2.05. The van der Waals surface area contributed by atoms with Gasteiger partial charge in [0.1, 0.15) is 5.82 Å². The lowest BCUT2D eigenvalue weighted by atomic mass is 10.2. The topological polar surface area (TPSA) is 77.2 Å². The van der Waals surface area contributed by atoms with E-state index in [-0.39, 0.29) is 5.82 Å². The molecule has 0 fully saturated rings. The van der Waals surface area contributed by atoms with Gasteiger partial charge in [-0.3, -0.25) is 0 Å². The molecule has 18 heavy (non-hydrogen) atoms. The maximum atomic E-state index is 10.8. The van der Waals surface area contributed by atoms with Crippen molar-refractivity contribution in [3.63, 3.8) is 0 Å². The van der Waals surface area contributed by atoms with Crippen molar-refractivity contribution in [2.24, 2.45) is 0 Å². The van der Waals surface area contributed by atoms with Crippen molar-refractivity contribution in [3.8, 4) is 5.69 Å². The molecular weight excluding hydrogens is 234 g/mol. The van der Waals surface area contributed by atoms with E-state index in [9.17, 15) is 4.79 Å². The SMILES string of the molecule is COCc1cccc(-n2nc(C(=O)O)nc2C)c1. The molecular formula is C12H13N3O3. The molecule has 6 heteroatoms. The number of carbonyl (C=O) groups is 1. The van der Waals surface area contributed by atoms with E-state index >= 15 is 0 Å². The van der Waals surface area contributed by atoms with E-state index in [1.807, 2.05) is 24.3 Å². The Kier molecular flexibility index (Phi) is 3.38. The molecule has 0 spiro atoms. The second-order valence-electron chi connectivity index (χ2n) is 3.80. The summed E-state index contributed by atoms with van der Waals surface area (Å²) in [5, 5.41) is 12.8. The predicted molar refractivity (Wildman–Crippen MR) is 63.8 cm³/mol. The number of methoxy groups -OCH3 is 1. The lowest BCUT2D eigenvalue weighted by Crippen LogP contribution is -2.03. The molecule has 0 bridgehead atoms. The molecule has 1 aromatic carbocycles. The number of rotatable bonds is 4. The molecule has 0 radical (unpaired) electrons. The second kappa shape index (κ2) is 4.97. The molecule has 2 rings (SSSR count). The molecule has 0 saturated carbocycles. The Bertz CT molecular complexity index is 578. The van der Waals surface area contributed by atoms with Crippen LogP contribution in [0, 0.1) is 6.92 Å². The van der Waals surface area contributed by atoms with Gasteiger partial charge in [0, 0.05) is 7.11 Å². The highest BCUT2D eigenvalue weighted by atomic mass is 16.5. The van der Waals surface area contributed by atoms with Crippen LogP contribution >= 0.6 is 0 Å². The number of ether oxygens (including phenoxy) is 1. The van der Waals surface area contributed by atoms with Gasteiger partial charge in [0.25, 0.3) is 5.82 Å². The van der Waals surface area contributed by atoms with Gasteiger partial charge < -0.3 is 9.84 Å². The zero-order chi connectivity index (χ0) is 13.1. The third-order valence-corrected chi connectivity index (χ3v) is 2.43. The van der Waals surface area contributed by atoms with Gasteiger partial charge in [-0.1, -0.05) is 12.1 Å². The monoisotopic (exact) mass is 247 g/mol. The minimum atomic E-state index is -1.13. The van der Waals surface area contributed by atoms with E-state index in [0.29, 0.717) is 12.4 Å². The van der Waals surface area contributed by atoms with E-state index in [4.69, 9.17) is 9.84 Å². The molecule has 1 N–H and O–H groups in total. The molecule has 0 amide bonds. The van der Waals surface area contributed by atoms with Crippen LogP contribution in [-0.4, -0.2) is 33.0 Å². The van der Waals surface area contributed by atoms with Crippen LogP contribution in [-0.2, 0) is 11.3 Å². The number of carboxylic acid groups (broad SMARTS) is 1. The standard InChI is InChI=1S/C12H13N3O3/c1-8-13-11(12(16)17)14-15(8)10-5-3-4-9(6-10)7-18-2/h3-6H,7H2,1-2H3,(H,16,17). The first kappa shape index (κ1) is 12.3. The summed E-state index contributed by atoms with van der Waals surface area (Å²) in [6.07, 6.45) is 0. The van der Waals surface area contributed by atoms with Crippen LogP contribution in [0.1, 0.15) is 22.0 Å². The van der Waals surface area contributed by atoms with Gasteiger partial charge in [0.2, 0.25) is 0 Å². The van der Waals surface area contributed by atoms with Crippen molar-refractivity contribution in [2.45, 2.75) is 13.5 Å². The Morgan fingerprint density at radius 2 is 2.28 bits per heavy atom. The summed E-state index contributed by atoms with van der Waals surface area (Å²) in [5.41, 5.74) is 1.75. The highest BCUT2D eigenvalue weighted by Gasteiger charge is 2.13. The van der Waals surface area contributed by atoms with Gasteiger partial charge in [-0.05, 0) is 24.6 Å². The molecule has 6 nitrogen and oxygen atoms in total. The fourth-order valence-corrected chi connectivity index (χ4v) is 1.67. The van der Waals surface area contributed by atoms with E-state index in [1.165, 1.54) is 4.68 Å². The van der Waals surface area contributed by atoms with E-state index in [1.54, 1.807) is 14.0 Å². The first-order chi connectivity index (χ1) is 8.61. The van der Waals surface area contributed by atoms with Gasteiger partial charge in [-0.25, -0.2) is 14.5 Å². The number of aromatic nitrogens is 3. The highest BCUT2D eigenvalue weighted by Crippen LogP contribution is 2.12. The first-order valence-electron chi connectivity index (χ1n) is 5.37. The number of nitrogens with zero attached hydrogens (tertiary/aromatic N) is 3. The minimum absolute atomic E-state index is 0.204. The number of benzene rings is 1. The smallest absolute Gasteiger partial charge is 0.375 e. The van der Waals surface area contributed by atoms with Crippen LogP contribution in [0.5, 0.6) is 0 Å². The maximum Gasteiger partial charge on any atom is 0.375 e. The Hall–Kier alpha value is -2.21. The van der Waals surface area contributed by atoms with Gasteiger partial charge >= 0.3 is 5.97 Å². The Labute approximate surface area is 104 Å². The normalized spacial score (nSPS) is 10.6. The summed E-state index contributed by atoms with van der Waals surface area (Å²) < 4.78 is 6.56. The zero-order valence-corrected chi connectivity index (χ0v) is 10.1. The van der Waals surface area contributed by atoms with Gasteiger partial charge in [-0.2, -0.15) is 0 Å². The summed E-state index contributed by atoms with van der Waals surface area (Å²) >= 11 is 0.